The number of rotatable bonds is 6. The number of carbonyl (C=O) groups is 3. The molecule has 0 aromatic heterocycles. The van der Waals surface area contributed by atoms with Crippen LogP contribution in [0.1, 0.15) is 28.8 Å². The predicted octanol–water partition coefficient (Wildman–Crippen LogP) is 3.00. The number of halogens is 1. The summed E-state index contributed by atoms with van der Waals surface area (Å²) < 4.78 is 5.47. The number of aryl methyl sites for hydroxylation is 1. The number of primary amides is 1. The van der Waals surface area contributed by atoms with Gasteiger partial charge in [-0.05, 0) is 43.5 Å². The highest BCUT2D eigenvalue weighted by Gasteiger charge is 2.28. The van der Waals surface area contributed by atoms with Crippen LogP contribution < -0.4 is 15.8 Å². The van der Waals surface area contributed by atoms with Gasteiger partial charge in [-0.2, -0.15) is 0 Å². The van der Waals surface area contributed by atoms with Crippen molar-refractivity contribution >= 4 is 35.0 Å². The fourth-order valence-corrected chi connectivity index (χ4v) is 3.66. The quantitative estimate of drug-likeness (QED) is 0.736. The van der Waals surface area contributed by atoms with Crippen molar-refractivity contribution in [2.45, 2.75) is 19.8 Å². The Hall–Kier alpha value is -3.06. The van der Waals surface area contributed by atoms with Gasteiger partial charge < -0.3 is 20.7 Å². The number of piperidine rings is 1. The van der Waals surface area contributed by atoms with Crippen LogP contribution in [0.25, 0.3) is 0 Å². The van der Waals surface area contributed by atoms with Gasteiger partial charge in [0.25, 0.3) is 11.8 Å². The van der Waals surface area contributed by atoms with Gasteiger partial charge in [0.15, 0.2) is 6.61 Å². The third-order valence-electron chi connectivity index (χ3n) is 5.14. The lowest BCUT2D eigenvalue weighted by atomic mass is 9.95. The zero-order chi connectivity index (χ0) is 21.7. The zero-order valence-electron chi connectivity index (χ0n) is 16.7. The Kier molecular flexibility index (Phi) is 6.95. The summed E-state index contributed by atoms with van der Waals surface area (Å²) in [5, 5.41) is 3.17. The van der Waals surface area contributed by atoms with Crippen LogP contribution in [0.4, 0.5) is 5.69 Å². The smallest absolute Gasteiger partial charge is 0.262 e. The van der Waals surface area contributed by atoms with Gasteiger partial charge in [-0.3, -0.25) is 14.4 Å². The summed E-state index contributed by atoms with van der Waals surface area (Å²) in [5.74, 6) is -0.705. The molecule has 2 aromatic rings. The summed E-state index contributed by atoms with van der Waals surface area (Å²) in [5.41, 5.74) is 6.98. The Morgan fingerprint density at radius 1 is 1.13 bits per heavy atom. The molecule has 0 atom stereocenters. The molecule has 3 N–H and O–H groups in total. The van der Waals surface area contributed by atoms with Crippen LogP contribution in [0.5, 0.6) is 5.75 Å². The van der Waals surface area contributed by atoms with Crippen molar-refractivity contribution in [3.63, 3.8) is 0 Å². The zero-order valence-corrected chi connectivity index (χ0v) is 17.4. The molecule has 158 valence electrons. The van der Waals surface area contributed by atoms with E-state index in [-0.39, 0.29) is 24.3 Å². The van der Waals surface area contributed by atoms with Crippen molar-refractivity contribution in [2.24, 2.45) is 11.7 Å². The molecule has 0 bridgehead atoms. The highest BCUT2D eigenvalue weighted by atomic mass is 35.5. The van der Waals surface area contributed by atoms with Crippen LogP contribution in [0, 0.1) is 12.8 Å². The predicted molar refractivity (Wildman–Crippen MR) is 115 cm³/mol. The van der Waals surface area contributed by atoms with Crippen LogP contribution in [0.3, 0.4) is 0 Å². The second kappa shape index (κ2) is 9.63. The van der Waals surface area contributed by atoms with Crippen molar-refractivity contribution in [1.82, 2.24) is 4.90 Å². The molecular formula is C22H24ClN3O4. The number of hydrogen-bond acceptors (Lipinski definition) is 4. The molecule has 30 heavy (non-hydrogen) atoms. The molecule has 1 saturated heterocycles. The van der Waals surface area contributed by atoms with E-state index in [0.29, 0.717) is 48.0 Å². The number of hydrogen-bond donors (Lipinski definition) is 2. The van der Waals surface area contributed by atoms with Gasteiger partial charge >= 0.3 is 0 Å². The number of amides is 3. The number of nitrogens with one attached hydrogen (secondary N) is 1. The fourth-order valence-electron chi connectivity index (χ4n) is 3.47. The van der Waals surface area contributed by atoms with E-state index in [1.54, 1.807) is 41.3 Å². The summed E-state index contributed by atoms with van der Waals surface area (Å²) in [7, 11) is 0. The van der Waals surface area contributed by atoms with E-state index in [0.717, 1.165) is 5.56 Å². The first kappa shape index (κ1) is 21.6. The van der Waals surface area contributed by atoms with Crippen LogP contribution >= 0.6 is 11.6 Å². The van der Waals surface area contributed by atoms with Crippen molar-refractivity contribution in [3.8, 4) is 5.75 Å². The minimum atomic E-state index is -0.401. The first-order valence-corrected chi connectivity index (χ1v) is 10.1. The van der Waals surface area contributed by atoms with E-state index in [4.69, 9.17) is 22.1 Å². The van der Waals surface area contributed by atoms with E-state index in [1.807, 2.05) is 13.0 Å². The molecule has 1 aliphatic heterocycles. The number of carbonyl (C=O) groups excluding carboxylic acids is 3. The standard InChI is InChI=1S/C22H24ClN3O4/c1-14-5-4-7-17(25-19(27)13-30-18-8-3-2-6-16(18)23)20(14)22(29)26-11-9-15(10-12-26)21(24)28/h2-8,15H,9-13H2,1H3,(H2,24,28)(H,25,27). The van der Waals surface area contributed by atoms with Crippen molar-refractivity contribution in [3.05, 3.63) is 58.6 Å². The molecular weight excluding hydrogens is 406 g/mol. The molecule has 1 fully saturated rings. The number of para-hydroxylation sites is 1. The highest BCUT2D eigenvalue weighted by Crippen LogP contribution is 2.26. The average molecular weight is 430 g/mol. The maximum Gasteiger partial charge on any atom is 0.262 e. The molecule has 7 nitrogen and oxygen atoms in total. The Labute approximate surface area is 180 Å². The Morgan fingerprint density at radius 2 is 1.83 bits per heavy atom. The van der Waals surface area contributed by atoms with Gasteiger partial charge in [-0.25, -0.2) is 0 Å². The van der Waals surface area contributed by atoms with Crippen LogP contribution in [0.15, 0.2) is 42.5 Å². The summed E-state index contributed by atoms with van der Waals surface area (Å²) in [6, 6.07) is 12.2. The monoisotopic (exact) mass is 429 g/mol. The van der Waals surface area contributed by atoms with Crippen LogP contribution in [0.2, 0.25) is 5.02 Å². The molecule has 8 heteroatoms. The lowest BCUT2D eigenvalue weighted by Gasteiger charge is -2.31. The number of nitrogens with two attached hydrogens (primary N) is 1. The van der Waals surface area contributed by atoms with Gasteiger partial charge in [-0.1, -0.05) is 35.9 Å². The molecule has 3 rings (SSSR count). The normalized spacial score (nSPS) is 14.3. The lowest BCUT2D eigenvalue weighted by molar-refractivity contribution is -0.123. The van der Waals surface area contributed by atoms with E-state index in [2.05, 4.69) is 5.32 Å². The first-order valence-electron chi connectivity index (χ1n) is 9.72. The molecule has 2 aromatic carbocycles. The van der Waals surface area contributed by atoms with E-state index < -0.39 is 5.91 Å². The van der Waals surface area contributed by atoms with Gasteiger partial charge in [-0.15, -0.1) is 0 Å². The van der Waals surface area contributed by atoms with E-state index >= 15 is 0 Å². The van der Waals surface area contributed by atoms with Crippen LogP contribution in [-0.4, -0.2) is 42.3 Å². The van der Waals surface area contributed by atoms with Crippen molar-refractivity contribution in [2.75, 3.05) is 25.0 Å². The van der Waals surface area contributed by atoms with Crippen LogP contribution in [-0.2, 0) is 9.59 Å². The summed E-state index contributed by atoms with van der Waals surface area (Å²) >= 11 is 6.04. The largest absolute Gasteiger partial charge is 0.482 e. The highest BCUT2D eigenvalue weighted by molar-refractivity contribution is 6.32. The molecule has 0 aliphatic carbocycles. The van der Waals surface area contributed by atoms with Gasteiger partial charge in [0.05, 0.1) is 16.3 Å². The number of ether oxygens (including phenoxy) is 1. The minimum absolute atomic E-state index is 0.182. The second-order valence-electron chi connectivity index (χ2n) is 7.23. The number of likely N-dealkylation sites (tertiary alicyclic amines) is 1. The third kappa shape index (κ3) is 5.10. The van der Waals surface area contributed by atoms with Crippen molar-refractivity contribution < 1.29 is 19.1 Å². The van der Waals surface area contributed by atoms with Gasteiger partial charge in [0, 0.05) is 19.0 Å². The molecule has 0 saturated carbocycles. The fraction of sp³-hybridized carbons (Fsp3) is 0.318. The second-order valence-corrected chi connectivity index (χ2v) is 7.64. The number of nitrogens with zero attached hydrogens (tertiary/aromatic N) is 1. The minimum Gasteiger partial charge on any atom is -0.482 e. The molecule has 1 heterocycles. The molecule has 0 radical (unpaired) electrons. The maximum absolute atomic E-state index is 13.1. The Bertz CT molecular complexity index is 955. The average Bonchev–Trinajstić information content (AvgIpc) is 2.73. The SMILES string of the molecule is Cc1cccc(NC(=O)COc2ccccc2Cl)c1C(=O)N1CCC(C(N)=O)CC1. The Morgan fingerprint density at radius 3 is 2.50 bits per heavy atom. The first-order chi connectivity index (χ1) is 14.4. The molecule has 0 spiro atoms. The topological polar surface area (TPSA) is 102 Å². The number of benzene rings is 2. The van der Waals surface area contributed by atoms with Gasteiger partial charge in [0.1, 0.15) is 5.75 Å². The van der Waals surface area contributed by atoms with E-state index in [9.17, 15) is 14.4 Å². The summed E-state index contributed by atoms with van der Waals surface area (Å²) in [4.78, 5) is 38.6. The maximum atomic E-state index is 13.1. The summed E-state index contributed by atoms with van der Waals surface area (Å²) in [6.07, 6.45) is 1.08. The number of anilines is 1. The van der Waals surface area contributed by atoms with E-state index in [1.165, 1.54) is 0 Å². The van der Waals surface area contributed by atoms with Gasteiger partial charge in [0.2, 0.25) is 5.91 Å². The lowest BCUT2D eigenvalue weighted by Crippen LogP contribution is -2.42. The Balaban J connectivity index is 1.68. The molecule has 3 amide bonds. The molecule has 0 unspecified atom stereocenters. The molecule has 1 aliphatic rings. The van der Waals surface area contributed by atoms with Crippen molar-refractivity contribution in [1.29, 1.82) is 0 Å². The summed E-state index contributed by atoms with van der Waals surface area (Å²) in [6.45, 7) is 2.47. The third-order valence-corrected chi connectivity index (χ3v) is 5.45.